The molecule has 1 aliphatic rings. The topological polar surface area (TPSA) is 40.5 Å². The normalized spacial score (nSPS) is 23.2. The van der Waals surface area contributed by atoms with Crippen molar-refractivity contribution in [3.05, 3.63) is 0 Å². The summed E-state index contributed by atoms with van der Waals surface area (Å²) in [5, 5.41) is 17.4. The Morgan fingerprint density at radius 2 is 2.12 bits per heavy atom. The van der Waals surface area contributed by atoms with Gasteiger partial charge in [-0.05, 0) is 25.2 Å². The molecule has 1 unspecified atom stereocenters. The molecule has 8 heavy (non-hydrogen) atoms. The summed E-state index contributed by atoms with van der Waals surface area (Å²) in [4.78, 5) is 0. The SMILES string of the molecule is OCCC(O)C1CC1. The van der Waals surface area contributed by atoms with E-state index in [2.05, 4.69) is 0 Å². The van der Waals surface area contributed by atoms with Crippen LogP contribution in [0.25, 0.3) is 0 Å². The zero-order valence-electron chi connectivity index (χ0n) is 4.88. The molecule has 0 aromatic rings. The van der Waals surface area contributed by atoms with Crippen LogP contribution in [-0.2, 0) is 0 Å². The summed E-state index contributed by atoms with van der Waals surface area (Å²) >= 11 is 0. The Balaban J connectivity index is 2.03. The van der Waals surface area contributed by atoms with Crippen LogP contribution >= 0.6 is 0 Å². The fraction of sp³-hybridized carbons (Fsp3) is 1.00. The molecule has 1 atom stereocenters. The second-order valence-corrected chi connectivity index (χ2v) is 2.42. The van der Waals surface area contributed by atoms with E-state index in [1.54, 1.807) is 0 Å². The van der Waals surface area contributed by atoms with Crippen LogP contribution in [0, 0.1) is 5.92 Å². The van der Waals surface area contributed by atoms with E-state index in [4.69, 9.17) is 10.2 Å². The van der Waals surface area contributed by atoms with Gasteiger partial charge in [-0.25, -0.2) is 0 Å². The molecule has 48 valence electrons. The lowest BCUT2D eigenvalue weighted by atomic mass is 10.2. The zero-order chi connectivity index (χ0) is 5.98. The van der Waals surface area contributed by atoms with Gasteiger partial charge in [0.25, 0.3) is 0 Å². The molecule has 0 radical (unpaired) electrons. The minimum absolute atomic E-state index is 0.123. The van der Waals surface area contributed by atoms with Crippen LogP contribution < -0.4 is 0 Å². The summed E-state index contributed by atoms with van der Waals surface area (Å²) < 4.78 is 0. The largest absolute Gasteiger partial charge is 0.396 e. The van der Waals surface area contributed by atoms with Gasteiger partial charge in [-0.1, -0.05) is 0 Å². The van der Waals surface area contributed by atoms with Gasteiger partial charge in [0.15, 0.2) is 0 Å². The minimum Gasteiger partial charge on any atom is -0.396 e. The Morgan fingerprint density at radius 3 is 2.50 bits per heavy atom. The first kappa shape index (κ1) is 6.05. The molecule has 2 heteroatoms. The highest BCUT2D eigenvalue weighted by molar-refractivity contribution is 4.80. The minimum atomic E-state index is -0.222. The highest BCUT2D eigenvalue weighted by Gasteiger charge is 2.28. The molecule has 0 aliphatic heterocycles. The van der Waals surface area contributed by atoms with Crippen LogP contribution in [0.4, 0.5) is 0 Å². The first-order chi connectivity index (χ1) is 3.84. The maximum Gasteiger partial charge on any atom is 0.0590 e. The van der Waals surface area contributed by atoms with Crippen LogP contribution in [-0.4, -0.2) is 22.9 Å². The third-order valence-electron chi connectivity index (χ3n) is 1.59. The molecular weight excluding hydrogens is 104 g/mol. The number of aliphatic hydroxyl groups excluding tert-OH is 2. The van der Waals surface area contributed by atoms with Gasteiger partial charge >= 0.3 is 0 Å². The highest BCUT2D eigenvalue weighted by atomic mass is 16.3. The van der Waals surface area contributed by atoms with Crippen molar-refractivity contribution in [2.45, 2.75) is 25.4 Å². The van der Waals surface area contributed by atoms with E-state index in [-0.39, 0.29) is 12.7 Å². The Morgan fingerprint density at radius 1 is 1.50 bits per heavy atom. The molecule has 0 amide bonds. The molecule has 0 saturated heterocycles. The Kier molecular flexibility index (Phi) is 1.86. The van der Waals surface area contributed by atoms with Crippen molar-refractivity contribution in [3.8, 4) is 0 Å². The van der Waals surface area contributed by atoms with Gasteiger partial charge in [-0.3, -0.25) is 0 Å². The summed E-state index contributed by atoms with van der Waals surface area (Å²) in [7, 11) is 0. The average molecular weight is 116 g/mol. The lowest BCUT2D eigenvalue weighted by molar-refractivity contribution is 0.114. The zero-order valence-corrected chi connectivity index (χ0v) is 4.88. The fourth-order valence-electron chi connectivity index (χ4n) is 0.849. The van der Waals surface area contributed by atoms with E-state index < -0.39 is 0 Å². The molecule has 0 bridgehead atoms. The maximum absolute atomic E-state index is 9.03. The Bertz CT molecular complexity index is 68.9. The Hall–Kier alpha value is -0.0800. The van der Waals surface area contributed by atoms with Gasteiger partial charge in [-0.2, -0.15) is 0 Å². The fourth-order valence-corrected chi connectivity index (χ4v) is 0.849. The third-order valence-corrected chi connectivity index (χ3v) is 1.59. The molecule has 1 aliphatic carbocycles. The summed E-state index contributed by atoms with van der Waals surface area (Å²) in [5.41, 5.74) is 0. The molecule has 1 fully saturated rings. The summed E-state index contributed by atoms with van der Waals surface area (Å²) in [6.45, 7) is 0.123. The van der Waals surface area contributed by atoms with Gasteiger partial charge in [0.05, 0.1) is 6.10 Å². The van der Waals surface area contributed by atoms with E-state index >= 15 is 0 Å². The van der Waals surface area contributed by atoms with Crippen molar-refractivity contribution < 1.29 is 10.2 Å². The lowest BCUT2D eigenvalue weighted by Gasteiger charge is -2.03. The van der Waals surface area contributed by atoms with E-state index in [0.717, 1.165) is 12.8 Å². The van der Waals surface area contributed by atoms with E-state index in [0.29, 0.717) is 12.3 Å². The van der Waals surface area contributed by atoms with Crippen LogP contribution in [0.15, 0.2) is 0 Å². The maximum atomic E-state index is 9.03. The first-order valence-corrected chi connectivity index (χ1v) is 3.13. The average Bonchev–Trinajstić information content (AvgIpc) is 2.45. The summed E-state index contributed by atoms with van der Waals surface area (Å²) in [6.07, 6.45) is 2.65. The molecule has 1 rings (SSSR count). The lowest BCUT2D eigenvalue weighted by Crippen LogP contribution is -2.10. The number of aliphatic hydroxyl groups is 2. The van der Waals surface area contributed by atoms with Gasteiger partial charge in [0, 0.05) is 6.61 Å². The van der Waals surface area contributed by atoms with Crippen LogP contribution in [0.3, 0.4) is 0 Å². The van der Waals surface area contributed by atoms with Crippen molar-refractivity contribution in [2.24, 2.45) is 5.92 Å². The third kappa shape index (κ3) is 1.46. The predicted molar refractivity (Wildman–Crippen MR) is 30.4 cm³/mol. The van der Waals surface area contributed by atoms with E-state index in [1.807, 2.05) is 0 Å². The molecular formula is C6H12O2. The van der Waals surface area contributed by atoms with Gasteiger partial charge in [0.2, 0.25) is 0 Å². The highest BCUT2D eigenvalue weighted by Crippen LogP contribution is 2.33. The van der Waals surface area contributed by atoms with Crippen LogP contribution in [0.2, 0.25) is 0 Å². The Labute approximate surface area is 49.1 Å². The van der Waals surface area contributed by atoms with Crippen molar-refractivity contribution >= 4 is 0 Å². The molecule has 1 saturated carbocycles. The quantitative estimate of drug-likeness (QED) is 0.550. The smallest absolute Gasteiger partial charge is 0.0590 e. The second kappa shape index (κ2) is 2.46. The second-order valence-electron chi connectivity index (χ2n) is 2.42. The number of rotatable bonds is 3. The van der Waals surface area contributed by atoms with Crippen molar-refractivity contribution in [3.63, 3.8) is 0 Å². The van der Waals surface area contributed by atoms with Crippen molar-refractivity contribution in [1.29, 1.82) is 0 Å². The number of hydrogen-bond donors (Lipinski definition) is 2. The molecule has 0 aromatic heterocycles. The van der Waals surface area contributed by atoms with Gasteiger partial charge in [0.1, 0.15) is 0 Å². The summed E-state index contributed by atoms with van der Waals surface area (Å²) in [5.74, 6) is 0.516. The molecule has 0 aromatic carbocycles. The van der Waals surface area contributed by atoms with Crippen molar-refractivity contribution in [1.82, 2.24) is 0 Å². The molecule has 0 heterocycles. The molecule has 0 spiro atoms. The van der Waals surface area contributed by atoms with Crippen LogP contribution in [0.1, 0.15) is 19.3 Å². The van der Waals surface area contributed by atoms with Gasteiger partial charge in [-0.15, -0.1) is 0 Å². The van der Waals surface area contributed by atoms with E-state index in [1.165, 1.54) is 0 Å². The first-order valence-electron chi connectivity index (χ1n) is 3.13. The standard InChI is InChI=1S/C6H12O2/c7-4-3-6(8)5-1-2-5/h5-8H,1-4H2. The summed E-state index contributed by atoms with van der Waals surface area (Å²) in [6, 6.07) is 0. The molecule has 2 nitrogen and oxygen atoms in total. The van der Waals surface area contributed by atoms with Crippen molar-refractivity contribution in [2.75, 3.05) is 6.61 Å². The van der Waals surface area contributed by atoms with Crippen LogP contribution in [0.5, 0.6) is 0 Å². The predicted octanol–water partition coefficient (Wildman–Crippen LogP) is 0.140. The van der Waals surface area contributed by atoms with Gasteiger partial charge < -0.3 is 10.2 Å². The molecule has 2 N–H and O–H groups in total. The monoisotopic (exact) mass is 116 g/mol. The number of hydrogen-bond acceptors (Lipinski definition) is 2. The van der Waals surface area contributed by atoms with E-state index in [9.17, 15) is 0 Å².